The van der Waals surface area contributed by atoms with Gasteiger partial charge in [-0.15, -0.1) is 0 Å². The van der Waals surface area contributed by atoms with Crippen molar-refractivity contribution < 1.29 is 4.79 Å². The summed E-state index contributed by atoms with van der Waals surface area (Å²) in [6.45, 7) is 0.539. The average molecular weight is 289 g/mol. The maximum Gasteiger partial charge on any atom is 0.251 e. The van der Waals surface area contributed by atoms with Crippen molar-refractivity contribution in [3.05, 3.63) is 70.7 Å². The summed E-state index contributed by atoms with van der Waals surface area (Å²) in [5.74, 6) is -0.109. The summed E-state index contributed by atoms with van der Waals surface area (Å²) in [4.78, 5) is 11.9. The second-order valence-electron chi connectivity index (χ2n) is 4.57. The van der Waals surface area contributed by atoms with Gasteiger partial charge in [0.1, 0.15) is 0 Å². The fraction of sp³-hybridized carbons (Fsp3) is 0.188. The molecule has 0 aliphatic heterocycles. The van der Waals surface area contributed by atoms with Gasteiger partial charge in [0.25, 0.3) is 5.91 Å². The minimum absolute atomic E-state index is 0.0679. The SMILES string of the molecule is NC(CCNC(=O)c1ccc(Cl)cc1)c1ccccc1. The fourth-order valence-corrected chi connectivity index (χ4v) is 2.04. The van der Waals surface area contributed by atoms with Crippen LogP contribution in [0.3, 0.4) is 0 Å². The van der Waals surface area contributed by atoms with E-state index in [1.165, 1.54) is 0 Å². The summed E-state index contributed by atoms with van der Waals surface area (Å²) in [6.07, 6.45) is 0.698. The molecule has 2 rings (SSSR count). The number of nitrogens with one attached hydrogen (secondary N) is 1. The zero-order valence-corrected chi connectivity index (χ0v) is 11.8. The van der Waals surface area contributed by atoms with Crippen molar-refractivity contribution in [3.63, 3.8) is 0 Å². The lowest BCUT2D eigenvalue weighted by atomic mass is 10.1. The fourth-order valence-electron chi connectivity index (χ4n) is 1.91. The highest BCUT2D eigenvalue weighted by atomic mass is 35.5. The Morgan fingerprint density at radius 2 is 1.75 bits per heavy atom. The highest BCUT2D eigenvalue weighted by Crippen LogP contribution is 2.13. The van der Waals surface area contributed by atoms with E-state index >= 15 is 0 Å². The van der Waals surface area contributed by atoms with Gasteiger partial charge in [0.2, 0.25) is 0 Å². The number of carbonyl (C=O) groups is 1. The maximum absolute atomic E-state index is 11.9. The molecule has 0 saturated heterocycles. The van der Waals surface area contributed by atoms with Crippen LogP contribution in [0.15, 0.2) is 54.6 Å². The molecule has 3 nitrogen and oxygen atoms in total. The molecule has 20 heavy (non-hydrogen) atoms. The number of benzene rings is 2. The highest BCUT2D eigenvalue weighted by molar-refractivity contribution is 6.30. The van der Waals surface area contributed by atoms with E-state index in [0.29, 0.717) is 23.6 Å². The van der Waals surface area contributed by atoms with Crippen molar-refractivity contribution >= 4 is 17.5 Å². The van der Waals surface area contributed by atoms with Gasteiger partial charge in [-0.25, -0.2) is 0 Å². The topological polar surface area (TPSA) is 55.1 Å². The third-order valence-corrected chi connectivity index (χ3v) is 3.33. The van der Waals surface area contributed by atoms with Gasteiger partial charge < -0.3 is 11.1 Å². The molecule has 1 amide bonds. The van der Waals surface area contributed by atoms with Crippen molar-refractivity contribution in [3.8, 4) is 0 Å². The first kappa shape index (κ1) is 14.6. The molecule has 4 heteroatoms. The summed E-state index contributed by atoms with van der Waals surface area (Å²) in [7, 11) is 0. The van der Waals surface area contributed by atoms with Crippen LogP contribution >= 0.6 is 11.6 Å². The molecule has 0 spiro atoms. The van der Waals surface area contributed by atoms with Gasteiger partial charge in [0.05, 0.1) is 0 Å². The molecule has 0 aliphatic rings. The van der Waals surface area contributed by atoms with E-state index in [-0.39, 0.29) is 11.9 Å². The number of nitrogens with two attached hydrogens (primary N) is 1. The quantitative estimate of drug-likeness (QED) is 0.888. The molecule has 104 valence electrons. The van der Waals surface area contributed by atoms with Crippen LogP contribution in [0.5, 0.6) is 0 Å². The van der Waals surface area contributed by atoms with Crippen molar-refractivity contribution in [2.45, 2.75) is 12.5 Å². The van der Waals surface area contributed by atoms with Gasteiger partial charge in [-0.3, -0.25) is 4.79 Å². The van der Waals surface area contributed by atoms with E-state index in [0.717, 1.165) is 5.56 Å². The number of carbonyl (C=O) groups excluding carboxylic acids is 1. The van der Waals surface area contributed by atoms with Gasteiger partial charge in [-0.1, -0.05) is 41.9 Å². The minimum atomic E-state index is -0.109. The zero-order chi connectivity index (χ0) is 14.4. The standard InChI is InChI=1S/C16H17ClN2O/c17-14-8-6-13(7-9-14)16(20)19-11-10-15(18)12-4-2-1-3-5-12/h1-9,15H,10-11,18H2,(H,19,20). The first-order valence-corrected chi connectivity index (χ1v) is 6.89. The second-order valence-corrected chi connectivity index (χ2v) is 5.01. The molecule has 0 aliphatic carbocycles. The summed E-state index contributed by atoms with van der Waals surface area (Å²) >= 11 is 5.78. The molecular weight excluding hydrogens is 272 g/mol. The normalized spacial score (nSPS) is 11.9. The lowest BCUT2D eigenvalue weighted by Crippen LogP contribution is -2.27. The van der Waals surface area contributed by atoms with E-state index in [2.05, 4.69) is 5.32 Å². The Hall–Kier alpha value is -1.84. The molecule has 3 N–H and O–H groups in total. The predicted octanol–water partition coefficient (Wildman–Crippen LogP) is 3.16. The zero-order valence-electron chi connectivity index (χ0n) is 11.1. The van der Waals surface area contributed by atoms with Crippen LogP contribution in [0, 0.1) is 0 Å². The van der Waals surface area contributed by atoms with Gasteiger partial charge in [-0.05, 0) is 36.2 Å². The first-order valence-electron chi connectivity index (χ1n) is 6.51. The monoisotopic (exact) mass is 288 g/mol. The average Bonchev–Trinajstić information content (AvgIpc) is 2.48. The number of rotatable bonds is 5. The van der Waals surface area contributed by atoms with Crippen LogP contribution in [0.4, 0.5) is 0 Å². The Morgan fingerprint density at radius 1 is 1.10 bits per heavy atom. The molecule has 0 saturated carbocycles. The van der Waals surface area contributed by atoms with Crippen LogP contribution in [-0.2, 0) is 0 Å². The third kappa shape index (κ3) is 4.08. The van der Waals surface area contributed by atoms with Gasteiger partial charge in [-0.2, -0.15) is 0 Å². The van der Waals surface area contributed by atoms with E-state index in [4.69, 9.17) is 17.3 Å². The lowest BCUT2D eigenvalue weighted by molar-refractivity contribution is 0.0952. The maximum atomic E-state index is 11.9. The minimum Gasteiger partial charge on any atom is -0.352 e. The molecule has 0 radical (unpaired) electrons. The van der Waals surface area contributed by atoms with Crippen molar-refractivity contribution in [1.29, 1.82) is 0 Å². The largest absolute Gasteiger partial charge is 0.352 e. The number of amides is 1. The molecule has 2 aromatic carbocycles. The Morgan fingerprint density at radius 3 is 2.40 bits per heavy atom. The Balaban J connectivity index is 1.81. The van der Waals surface area contributed by atoms with Crippen molar-refractivity contribution in [1.82, 2.24) is 5.32 Å². The van der Waals surface area contributed by atoms with Crippen LogP contribution in [0.1, 0.15) is 28.4 Å². The van der Waals surface area contributed by atoms with E-state index in [1.807, 2.05) is 30.3 Å². The van der Waals surface area contributed by atoms with Crippen molar-refractivity contribution in [2.75, 3.05) is 6.54 Å². The van der Waals surface area contributed by atoms with Crippen LogP contribution in [-0.4, -0.2) is 12.5 Å². The molecule has 0 heterocycles. The van der Waals surface area contributed by atoms with Crippen LogP contribution < -0.4 is 11.1 Å². The smallest absolute Gasteiger partial charge is 0.251 e. The molecule has 1 unspecified atom stereocenters. The molecule has 1 atom stereocenters. The Labute approximate surface area is 123 Å². The lowest BCUT2D eigenvalue weighted by Gasteiger charge is -2.12. The van der Waals surface area contributed by atoms with Gasteiger partial charge in [0.15, 0.2) is 0 Å². The van der Waals surface area contributed by atoms with Crippen LogP contribution in [0.25, 0.3) is 0 Å². The van der Waals surface area contributed by atoms with Crippen molar-refractivity contribution in [2.24, 2.45) is 5.73 Å². The Bertz CT molecular complexity index is 554. The molecule has 0 aromatic heterocycles. The summed E-state index contributed by atoms with van der Waals surface area (Å²) in [5.41, 5.74) is 7.75. The Kier molecular flexibility index (Phi) is 5.16. The van der Waals surface area contributed by atoms with E-state index < -0.39 is 0 Å². The second kappa shape index (κ2) is 7.08. The number of halogens is 1. The van der Waals surface area contributed by atoms with Gasteiger partial charge in [0, 0.05) is 23.2 Å². The summed E-state index contributed by atoms with van der Waals surface area (Å²) < 4.78 is 0. The highest BCUT2D eigenvalue weighted by Gasteiger charge is 2.08. The van der Waals surface area contributed by atoms with E-state index in [9.17, 15) is 4.79 Å². The molecular formula is C16H17ClN2O. The molecule has 0 fully saturated rings. The molecule has 0 bridgehead atoms. The molecule has 2 aromatic rings. The van der Waals surface area contributed by atoms with Crippen LogP contribution in [0.2, 0.25) is 5.02 Å². The third-order valence-electron chi connectivity index (χ3n) is 3.08. The summed E-state index contributed by atoms with van der Waals surface area (Å²) in [6, 6.07) is 16.6. The number of hydrogen-bond donors (Lipinski definition) is 2. The summed E-state index contributed by atoms with van der Waals surface area (Å²) in [5, 5.41) is 3.48. The first-order chi connectivity index (χ1) is 9.66. The predicted molar refractivity (Wildman–Crippen MR) is 81.8 cm³/mol. The number of hydrogen-bond acceptors (Lipinski definition) is 2. The van der Waals surface area contributed by atoms with E-state index in [1.54, 1.807) is 24.3 Å². The van der Waals surface area contributed by atoms with Gasteiger partial charge >= 0.3 is 0 Å².